The largest absolute Gasteiger partial charge is 0.469 e. The second-order valence-corrected chi connectivity index (χ2v) is 5.07. The Balaban J connectivity index is 2.24. The highest BCUT2D eigenvalue weighted by Gasteiger charge is 2.36. The maximum Gasteiger partial charge on any atom is 0.311 e. The first-order valence-electron chi connectivity index (χ1n) is 5.53. The SMILES string of the molecule is COC(=O)C1CC(=O)N(c2cc(C)cc(Br)n2)C1. The van der Waals surface area contributed by atoms with Gasteiger partial charge in [-0.25, -0.2) is 4.98 Å². The maximum atomic E-state index is 11.9. The van der Waals surface area contributed by atoms with E-state index in [2.05, 4.69) is 25.7 Å². The van der Waals surface area contributed by atoms with Crippen molar-refractivity contribution in [1.82, 2.24) is 4.98 Å². The van der Waals surface area contributed by atoms with Crippen LogP contribution in [0.5, 0.6) is 0 Å². The smallest absolute Gasteiger partial charge is 0.311 e. The number of rotatable bonds is 2. The standard InChI is InChI=1S/C12H13BrN2O3/c1-7-3-9(13)14-10(4-7)15-6-8(5-11(15)16)12(17)18-2/h3-4,8H,5-6H2,1-2H3. The third kappa shape index (κ3) is 2.53. The van der Waals surface area contributed by atoms with Crippen LogP contribution in [0, 0.1) is 12.8 Å². The predicted octanol–water partition coefficient (Wildman–Crippen LogP) is 1.68. The molecule has 2 rings (SSSR count). The van der Waals surface area contributed by atoms with Gasteiger partial charge in [0.15, 0.2) is 0 Å². The summed E-state index contributed by atoms with van der Waals surface area (Å²) in [5.74, 6) is -0.283. The maximum absolute atomic E-state index is 11.9. The number of ether oxygens (including phenoxy) is 1. The lowest BCUT2D eigenvalue weighted by Crippen LogP contribution is -2.27. The Hall–Kier alpha value is -1.43. The van der Waals surface area contributed by atoms with Crippen LogP contribution in [-0.2, 0) is 14.3 Å². The number of carbonyl (C=O) groups excluding carboxylic acids is 2. The van der Waals surface area contributed by atoms with Crippen molar-refractivity contribution < 1.29 is 14.3 Å². The molecule has 1 atom stereocenters. The first kappa shape index (κ1) is 13.0. The molecule has 0 N–H and O–H groups in total. The molecule has 1 aliphatic rings. The molecule has 0 aromatic carbocycles. The monoisotopic (exact) mass is 312 g/mol. The lowest BCUT2D eigenvalue weighted by atomic mass is 10.1. The normalized spacial score (nSPS) is 19.2. The van der Waals surface area contributed by atoms with Crippen LogP contribution in [0.25, 0.3) is 0 Å². The van der Waals surface area contributed by atoms with Gasteiger partial charge in [0.05, 0.1) is 13.0 Å². The summed E-state index contributed by atoms with van der Waals surface area (Å²) in [6.07, 6.45) is 0.180. The van der Waals surface area contributed by atoms with Gasteiger partial charge >= 0.3 is 5.97 Å². The average Bonchev–Trinajstić information content (AvgIpc) is 2.69. The number of amides is 1. The number of carbonyl (C=O) groups is 2. The average molecular weight is 313 g/mol. The highest BCUT2D eigenvalue weighted by Crippen LogP contribution is 2.26. The second kappa shape index (κ2) is 5.06. The summed E-state index contributed by atoms with van der Waals surface area (Å²) in [5, 5.41) is 0. The first-order valence-corrected chi connectivity index (χ1v) is 6.33. The molecule has 1 fully saturated rings. The molecule has 96 valence electrons. The lowest BCUT2D eigenvalue weighted by molar-refractivity contribution is -0.145. The van der Waals surface area contributed by atoms with Crippen LogP contribution in [0.15, 0.2) is 16.7 Å². The molecule has 0 aliphatic carbocycles. The highest BCUT2D eigenvalue weighted by molar-refractivity contribution is 9.10. The van der Waals surface area contributed by atoms with Crippen LogP contribution in [0.4, 0.5) is 5.82 Å². The molecular weight excluding hydrogens is 300 g/mol. The zero-order valence-corrected chi connectivity index (χ0v) is 11.7. The van der Waals surface area contributed by atoms with Crippen molar-refractivity contribution in [3.05, 3.63) is 22.3 Å². The third-order valence-electron chi connectivity index (χ3n) is 2.86. The summed E-state index contributed by atoms with van der Waals surface area (Å²) >= 11 is 3.30. The van der Waals surface area contributed by atoms with Crippen LogP contribution in [0.2, 0.25) is 0 Å². The minimum Gasteiger partial charge on any atom is -0.469 e. The molecule has 1 aromatic rings. The van der Waals surface area contributed by atoms with E-state index in [-0.39, 0.29) is 18.3 Å². The van der Waals surface area contributed by atoms with E-state index in [4.69, 9.17) is 0 Å². The molecular formula is C12H13BrN2O3. The first-order chi connectivity index (χ1) is 8.51. The number of pyridine rings is 1. The number of anilines is 1. The van der Waals surface area contributed by atoms with Crippen LogP contribution in [0.3, 0.4) is 0 Å². The Kier molecular flexibility index (Phi) is 3.65. The Morgan fingerprint density at radius 2 is 2.28 bits per heavy atom. The Bertz CT molecular complexity index is 484. The van der Waals surface area contributed by atoms with Crippen LogP contribution in [0.1, 0.15) is 12.0 Å². The van der Waals surface area contributed by atoms with Crippen molar-refractivity contribution in [2.24, 2.45) is 5.92 Å². The number of halogens is 1. The number of methoxy groups -OCH3 is 1. The molecule has 0 radical (unpaired) electrons. The van der Waals surface area contributed by atoms with Gasteiger partial charge in [-0.05, 0) is 40.5 Å². The van der Waals surface area contributed by atoms with Crippen molar-refractivity contribution in [1.29, 1.82) is 0 Å². The van der Waals surface area contributed by atoms with Crippen molar-refractivity contribution in [3.8, 4) is 0 Å². The van der Waals surface area contributed by atoms with E-state index in [9.17, 15) is 9.59 Å². The van der Waals surface area contributed by atoms with Gasteiger partial charge in [-0.15, -0.1) is 0 Å². The van der Waals surface area contributed by atoms with Gasteiger partial charge in [0.25, 0.3) is 0 Å². The molecule has 1 unspecified atom stereocenters. The molecule has 6 heteroatoms. The molecule has 0 bridgehead atoms. The quantitative estimate of drug-likeness (QED) is 0.616. The number of aryl methyl sites for hydroxylation is 1. The molecule has 18 heavy (non-hydrogen) atoms. The van der Waals surface area contributed by atoms with Crippen LogP contribution >= 0.6 is 15.9 Å². The van der Waals surface area contributed by atoms with Gasteiger partial charge in [0, 0.05) is 13.0 Å². The van der Waals surface area contributed by atoms with E-state index in [0.29, 0.717) is 17.0 Å². The molecule has 0 saturated carbocycles. The molecule has 1 saturated heterocycles. The Labute approximate surface area is 113 Å². The van der Waals surface area contributed by atoms with Crippen LogP contribution in [-0.4, -0.2) is 30.5 Å². The minimum atomic E-state index is -0.399. The Morgan fingerprint density at radius 3 is 2.89 bits per heavy atom. The topological polar surface area (TPSA) is 59.5 Å². The lowest BCUT2D eigenvalue weighted by Gasteiger charge is -2.16. The summed E-state index contributed by atoms with van der Waals surface area (Å²) in [4.78, 5) is 29.1. The summed E-state index contributed by atoms with van der Waals surface area (Å²) in [5.41, 5.74) is 1.00. The van der Waals surface area contributed by atoms with Crippen LogP contribution < -0.4 is 4.90 Å². The molecule has 1 aliphatic heterocycles. The van der Waals surface area contributed by atoms with Crippen molar-refractivity contribution in [2.45, 2.75) is 13.3 Å². The van der Waals surface area contributed by atoms with E-state index in [0.717, 1.165) is 5.56 Å². The molecule has 5 nitrogen and oxygen atoms in total. The fraction of sp³-hybridized carbons (Fsp3) is 0.417. The van der Waals surface area contributed by atoms with E-state index < -0.39 is 5.92 Å². The van der Waals surface area contributed by atoms with Gasteiger partial charge in [0.1, 0.15) is 10.4 Å². The van der Waals surface area contributed by atoms with Crippen molar-refractivity contribution in [2.75, 3.05) is 18.6 Å². The van der Waals surface area contributed by atoms with Gasteiger partial charge in [-0.2, -0.15) is 0 Å². The molecule has 0 spiro atoms. The van der Waals surface area contributed by atoms with Crippen molar-refractivity contribution in [3.63, 3.8) is 0 Å². The number of hydrogen-bond donors (Lipinski definition) is 0. The van der Waals surface area contributed by atoms with Gasteiger partial charge in [-0.1, -0.05) is 0 Å². The van der Waals surface area contributed by atoms with E-state index >= 15 is 0 Å². The fourth-order valence-electron chi connectivity index (χ4n) is 2.00. The minimum absolute atomic E-state index is 0.101. The van der Waals surface area contributed by atoms with E-state index in [1.54, 1.807) is 0 Å². The number of esters is 1. The fourth-order valence-corrected chi connectivity index (χ4v) is 2.54. The molecule has 1 amide bonds. The summed E-state index contributed by atoms with van der Waals surface area (Å²) in [7, 11) is 1.33. The van der Waals surface area contributed by atoms with E-state index in [1.807, 2.05) is 19.1 Å². The number of nitrogens with zero attached hydrogens (tertiary/aromatic N) is 2. The van der Waals surface area contributed by atoms with Gasteiger partial charge in [-0.3, -0.25) is 14.5 Å². The third-order valence-corrected chi connectivity index (χ3v) is 3.27. The molecule has 1 aromatic heterocycles. The number of hydrogen-bond acceptors (Lipinski definition) is 4. The van der Waals surface area contributed by atoms with Crippen molar-refractivity contribution >= 4 is 33.6 Å². The summed E-state index contributed by atoms with van der Waals surface area (Å²) < 4.78 is 5.34. The summed E-state index contributed by atoms with van der Waals surface area (Å²) in [6.45, 7) is 2.25. The zero-order chi connectivity index (χ0) is 13.3. The predicted molar refractivity (Wildman–Crippen MR) is 69.2 cm³/mol. The van der Waals surface area contributed by atoms with Gasteiger partial charge in [0.2, 0.25) is 5.91 Å². The van der Waals surface area contributed by atoms with E-state index in [1.165, 1.54) is 12.0 Å². The van der Waals surface area contributed by atoms with Gasteiger partial charge < -0.3 is 4.74 Å². The molecule has 2 heterocycles. The zero-order valence-electron chi connectivity index (χ0n) is 10.1. The number of aromatic nitrogens is 1. The summed E-state index contributed by atoms with van der Waals surface area (Å²) in [6, 6.07) is 3.68. The Morgan fingerprint density at radius 1 is 1.56 bits per heavy atom. The second-order valence-electron chi connectivity index (χ2n) is 4.25. The highest BCUT2D eigenvalue weighted by atomic mass is 79.9.